The molecule has 3 unspecified atom stereocenters. The van der Waals surface area contributed by atoms with Crippen molar-refractivity contribution >= 4 is 20.8 Å². The molecule has 0 radical (unpaired) electrons. The lowest BCUT2D eigenvalue weighted by molar-refractivity contribution is -0.0720. The van der Waals surface area contributed by atoms with E-state index < -0.39 is 9.84 Å². The maximum atomic E-state index is 13.1. The summed E-state index contributed by atoms with van der Waals surface area (Å²) in [5, 5.41) is 0.190. The van der Waals surface area contributed by atoms with E-state index in [1.54, 1.807) is 30.2 Å². The Bertz CT molecular complexity index is 1430. The van der Waals surface area contributed by atoms with Crippen LogP contribution in [0.5, 0.6) is 5.75 Å². The van der Waals surface area contributed by atoms with Crippen LogP contribution in [0.3, 0.4) is 0 Å². The van der Waals surface area contributed by atoms with Crippen molar-refractivity contribution in [3.8, 4) is 16.9 Å². The van der Waals surface area contributed by atoms with E-state index in [-0.39, 0.29) is 23.0 Å². The number of aryl methyl sites for hydroxylation is 1. The van der Waals surface area contributed by atoms with Crippen LogP contribution in [0.4, 0.5) is 0 Å². The lowest BCUT2D eigenvalue weighted by atomic mass is 10.1. The summed E-state index contributed by atoms with van der Waals surface area (Å²) in [5.74, 6) is 1.31. The summed E-state index contributed by atoms with van der Waals surface area (Å²) < 4.78 is 43.7. The quantitative estimate of drug-likeness (QED) is 0.283. The Kier molecular flexibility index (Phi) is 9.51. The number of sulfone groups is 1. The van der Waals surface area contributed by atoms with Crippen LogP contribution < -0.4 is 10.3 Å². The zero-order valence-electron chi connectivity index (χ0n) is 23.7. The molecule has 0 amide bonds. The van der Waals surface area contributed by atoms with Crippen LogP contribution in [0.1, 0.15) is 58.6 Å². The van der Waals surface area contributed by atoms with Crippen molar-refractivity contribution in [2.24, 2.45) is 7.05 Å². The van der Waals surface area contributed by atoms with E-state index >= 15 is 0 Å². The van der Waals surface area contributed by atoms with Crippen LogP contribution in [0.15, 0.2) is 39.9 Å². The maximum Gasteiger partial charge on any atom is 0.261 e. The maximum absolute atomic E-state index is 13.1. The summed E-state index contributed by atoms with van der Waals surface area (Å²) in [6, 6.07) is 3.87. The molecule has 4 rings (SSSR count). The minimum atomic E-state index is -3.07. The molecule has 0 spiro atoms. The largest absolute Gasteiger partial charge is 0.489 e. The molecule has 1 aliphatic rings. The Labute approximate surface area is 231 Å². The zero-order valence-corrected chi connectivity index (χ0v) is 24.5. The molecular weight excluding hydrogens is 518 g/mol. The molecule has 3 aromatic rings. The lowest BCUT2D eigenvalue weighted by Crippen LogP contribution is -2.34. The summed E-state index contributed by atoms with van der Waals surface area (Å²) in [5.41, 5.74) is 1.96. The number of ether oxygens (including phenoxy) is 2. The Balaban J connectivity index is 1.61. The second kappa shape index (κ2) is 12.7. The summed E-state index contributed by atoms with van der Waals surface area (Å²) in [6.07, 6.45) is 10.5. The number of pyridine rings is 2. The standard InChI is InChI=1S/C29H41N3O6S/c1-6-13-32(20(3)8-9-23(7-2)39(5,34)35)17-22-15-25-28(38-22)26(18-31(4)29(25)33)24-10-12-30-16-27(24)37-19-21-11-14-36-21/h10,12,15-16,18,20-21,23H,6-9,11,13-14,17,19H2,1-5H3. The molecule has 1 fully saturated rings. The first kappa shape index (κ1) is 29.3. The van der Waals surface area contributed by atoms with Crippen LogP contribution in [0.2, 0.25) is 0 Å². The van der Waals surface area contributed by atoms with Gasteiger partial charge in [0.05, 0.1) is 29.5 Å². The summed E-state index contributed by atoms with van der Waals surface area (Å²) >= 11 is 0. The van der Waals surface area contributed by atoms with Gasteiger partial charge < -0.3 is 18.5 Å². The van der Waals surface area contributed by atoms with Crippen molar-refractivity contribution in [3.63, 3.8) is 0 Å². The van der Waals surface area contributed by atoms with Crippen molar-refractivity contribution in [2.45, 2.75) is 76.8 Å². The van der Waals surface area contributed by atoms with Crippen molar-refractivity contribution < 1.29 is 22.3 Å². The van der Waals surface area contributed by atoms with Gasteiger partial charge in [0.25, 0.3) is 5.56 Å². The highest BCUT2D eigenvalue weighted by molar-refractivity contribution is 7.91. The molecule has 3 aromatic heterocycles. The van der Waals surface area contributed by atoms with Crippen molar-refractivity contribution in [1.29, 1.82) is 0 Å². The first-order valence-corrected chi connectivity index (χ1v) is 15.8. The van der Waals surface area contributed by atoms with Crippen molar-refractivity contribution in [1.82, 2.24) is 14.5 Å². The van der Waals surface area contributed by atoms with Gasteiger partial charge in [-0.2, -0.15) is 0 Å². The fourth-order valence-corrected chi connectivity index (χ4v) is 6.33. The predicted molar refractivity (Wildman–Crippen MR) is 153 cm³/mol. The van der Waals surface area contributed by atoms with Crippen LogP contribution in [-0.2, 0) is 28.2 Å². The minimum Gasteiger partial charge on any atom is -0.489 e. The molecule has 0 N–H and O–H groups in total. The number of hydrogen-bond donors (Lipinski definition) is 0. The molecule has 214 valence electrons. The second-order valence-corrected chi connectivity index (χ2v) is 13.0. The average Bonchev–Trinajstić information content (AvgIpc) is 3.29. The van der Waals surface area contributed by atoms with Crippen molar-refractivity contribution in [3.05, 3.63) is 46.8 Å². The van der Waals surface area contributed by atoms with E-state index in [2.05, 4.69) is 23.7 Å². The summed E-state index contributed by atoms with van der Waals surface area (Å²) in [6.45, 7) is 8.74. The highest BCUT2D eigenvalue weighted by atomic mass is 32.2. The Morgan fingerprint density at radius 1 is 1.26 bits per heavy atom. The van der Waals surface area contributed by atoms with E-state index in [4.69, 9.17) is 13.9 Å². The average molecular weight is 560 g/mol. The van der Waals surface area contributed by atoms with Gasteiger partial charge in [-0.1, -0.05) is 13.8 Å². The minimum absolute atomic E-state index is 0.0880. The van der Waals surface area contributed by atoms with Gasteiger partial charge in [-0.3, -0.25) is 14.7 Å². The molecule has 0 saturated carbocycles. The van der Waals surface area contributed by atoms with Gasteiger partial charge in [0.15, 0.2) is 0 Å². The molecule has 4 heterocycles. The predicted octanol–water partition coefficient (Wildman–Crippen LogP) is 4.57. The van der Waals surface area contributed by atoms with E-state index in [0.717, 1.165) is 43.5 Å². The zero-order chi connectivity index (χ0) is 28.2. The SMILES string of the molecule is CCCN(Cc1cc2c(=O)n(C)cc(-c3ccncc3OCC3CCO3)c2o1)C(C)CCC(CC)S(C)(=O)=O. The van der Waals surface area contributed by atoms with Crippen LogP contribution in [-0.4, -0.2) is 66.3 Å². The fourth-order valence-electron chi connectivity index (χ4n) is 5.16. The monoisotopic (exact) mass is 559 g/mol. The van der Waals surface area contributed by atoms with Gasteiger partial charge in [-0.15, -0.1) is 0 Å². The smallest absolute Gasteiger partial charge is 0.261 e. The van der Waals surface area contributed by atoms with Crippen LogP contribution in [0.25, 0.3) is 22.1 Å². The molecule has 1 saturated heterocycles. The third-order valence-electron chi connectivity index (χ3n) is 7.65. The lowest BCUT2D eigenvalue weighted by Gasteiger charge is -2.29. The van der Waals surface area contributed by atoms with Gasteiger partial charge in [-0.25, -0.2) is 8.42 Å². The first-order valence-electron chi connectivity index (χ1n) is 13.9. The first-order chi connectivity index (χ1) is 18.6. The number of aromatic nitrogens is 2. The summed E-state index contributed by atoms with van der Waals surface area (Å²) in [7, 11) is -1.34. The van der Waals surface area contributed by atoms with Gasteiger partial charge in [0, 0.05) is 55.9 Å². The number of hydrogen-bond acceptors (Lipinski definition) is 8. The molecule has 3 atom stereocenters. The van der Waals surface area contributed by atoms with E-state index in [1.165, 1.54) is 6.26 Å². The Hall–Kier alpha value is -2.69. The highest BCUT2D eigenvalue weighted by Crippen LogP contribution is 2.35. The van der Waals surface area contributed by atoms with Crippen LogP contribution in [0, 0.1) is 0 Å². The molecule has 10 heteroatoms. The number of furan rings is 1. The van der Waals surface area contributed by atoms with Gasteiger partial charge in [0.2, 0.25) is 0 Å². The van der Waals surface area contributed by atoms with E-state index in [9.17, 15) is 13.2 Å². The molecule has 1 aliphatic heterocycles. The van der Waals surface area contributed by atoms with Gasteiger partial charge in [-0.05, 0) is 51.3 Å². The normalized spacial score (nSPS) is 17.3. The number of nitrogens with zero attached hydrogens (tertiary/aromatic N) is 3. The summed E-state index contributed by atoms with van der Waals surface area (Å²) in [4.78, 5) is 19.6. The molecular formula is C29H41N3O6S. The Morgan fingerprint density at radius 3 is 2.67 bits per heavy atom. The number of fused-ring (bicyclic) bond motifs is 1. The fraction of sp³-hybridized carbons (Fsp3) is 0.586. The topological polar surface area (TPSA) is 104 Å². The second-order valence-electron chi connectivity index (χ2n) is 10.6. The van der Waals surface area contributed by atoms with Crippen LogP contribution >= 0.6 is 0 Å². The van der Waals surface area contributed by atoms with Crippen molar-refractivity contribution in [2.75, 3.05) is 26.0 Å². The Morgan fingerprint density at radius 2 is 2.03 bits per heavy atom. The third-order valence-corrected chi connectivity index (χ3v) is 9.43. The molecule has 39 heavy (non-hydrogen) atoms. The van der Waals surface area contributed by atoms with Gasteiger partial charge >= 0.3 is 0 Å². The highest BCUT2D eigenvalue weighted by Gasteiger charge is 2.24. The molecule has 0 bridgehead atoms. The van der Waals surface area contributed by atoms with Gasteiger partial charge in [0.1, 0.15) is 33.5 Å². The molecule has 0 aromatic carbocycles. The van der Waals surface area contributed by atoms with E-state index in [1.807, 2.05) is 19.1 Å². The molecule has 0 aliphatic carbocycles. The van der Waals surface area contributed by atoms with E-state index in [0.29, 0.717) is 48.5 Å². The number of rotatable bonds is 14. The molecule has 9 nitrogen and oxygen atoms in total. The third kappa shape index (κ3) is 6.91.